The van der Waals surface area contributed by atoms with E-state index in [0.29, 0.717) is 6.42 Å². The predicted molar refractivity (Wildman–Crippen MR) is 87.6 cm³/mol. The van der Waals surface area contributed by atoms with Crippen molar-refractivity contribution < 1.29 is 30.9 Å². The van der Waals surface area contributed by atoms with Crippen molar-refractivity contribution in [1.29, 1.82) is 0 Å². The van der Waals surface area contributed by atoms with Crippen molar-refractivity contribution in [1.82, 2.24) is 4.13 Å². The van der Waals surface area contributed by atoms with E-state index in [9.17, 15) is 21.9 Å². The van der Waals surface area contributed by atoms with Gasteiger partial charge in [-0.2, -0.15) is 8.42 Å². The minimum atomic E-state index is -4.44. The maximum Gasteiger partial charge on any atom is 0.349 e. The Morgan fingerprint density at radius 3 is 1.96 bits per heavy atom. The molecule has 0 radical (unpaired) electrons. The summed E-state index contributed by atoms with van der Waals surface area (Å²) in [6.07, 6.45) is 0.384. The number of rotatable bonds is 11. The maximum atomic E-state index is 12.1. The molecule has 0 unspecified atom stereocenters. The Morgan fingerprint density at radius 1 is 1.00 bits per heavy atom. The summed E-state index contributed by atoms with van der Waals surface area (Å²) in [5, 5.41) is 9.47. The Bertz CT molecular complexity index is 560. The summed E-state index contributed by atoms with van der Waals surface area (Å²) in [5.41, 5.74) is -0.870. The third kappa shape index (κ3) is 8.41. The predicted octanol–water partition coefficient (Wildman–Crippen LogP) is 0.779. The minimum Gasteiger partial charge on any atom is -0.390 e. The van der Waals surface area contributed by atoms with Crippen LogP contribution in [0.15, 0.2) is 0 Å². The van der Waals surface area contributed by atoms with Crippen molar-refractivity contribution in [3.05, 3.63) is 0 Å². The standard InChI is InChI=1S/C13H29NO7S2/c1-11(2)13(5,6)22(16,17)14-23(18,19)21-10-9-20-8-7-12(3,4)15/h11,14-15H,7-10H2,1-6H3. The molecule has 0 aromatic carbocycles. The molecule has 0 aliphatic carbocycles. The lowest BCUT2D eigenvalue weighted by atomic mass is 10.00. The van der Waals surface area contributed by atoms with Gasteiger partial charge in [-0.25, -0.2) is 8.42 Å². The van der Waals surface area contributed by atoms with Crippen molar-refractivity contribution in [2.75, 3.05) is 19.8 Å². The van der Waals surface area contributed by atoms with Crippen LogP contribution in [0, 0.1) is 5.92 Å². The van der Waals surface area contributed by atoms with E-state index in [1.807, 2.05) is 0 Å². The largest absolute Gasteiger partial charge is 0.390 e. The molecule has 8 nitrogen and oxygen atoms in total. The van der Waals surface area contributed by atoms with Gasteiger partial charge in [0.25, 0.3) is 0 Å². The highest BCUT2D eigenvalue weighted by Gasteiger charge is 2.40. The van der Waals surface area contributed by atoms with Crippen molar-refractivity contribution in [2.24, 2.45) is 5.92 Å². The second kappa shape index (κ2) is 8.21. The van der Waals surface area contributed by atoms with Gasteiger partial charge in [0.15, 0.2) is 0 Å². The van der Waals surface area contributed by atoms with Gasteiger partial charge in [-0.3, -0.25) is 4.18 Å². The first-order valence-corrected chi connectivity index (χ1v) is 10.2. The van der Waals surface area contributed by atoms with Gasteiger partial charge in [0.2, 0.25) is 10.0 Å². The smallest absolute Gasteiger partial charge is 0.349 e. The fraction of sp³-hybridized carbons (Fsp3) is 1.00. The van der Waals surface area contributed by atoms with Crippen LogP contribution in [0.1, 0.15) is 48.0 Å². The molecule has 0 rings (SSSR count). The second-order valence-electron chi connectivity index (χ2n) is 6.80. The fourth-order valence-electron chi connectivity index (χ4n) is 1.20. The summed E-state index contributed by atoms with van der Waals surface area (Å²) < 4.78 is 57.7. The normalized spacial score (nSPS) is 14.4. The second-order valence-corrected chi connectivity index (χ2v) is 10.7. The van der Waals surface area contributed by atoms with Crippen LogP contribution in [-0.2, 0) is 29.2 Å². The molecular formula is C13H29NO7S2. The number of aliphatic hydroxyl groups is 1. The molecule has 0 spiro atoms. The van der Waals surface area contributed by atoms with Crippen LogP contribution in [-0.4, -0.2) is 52.1 Å². The van der Waals surface area contributed by atoms with E-state index >= 15 is 0 Å². The van der Waals surface area contributed by atoms with Crippen LogP contribution >= 0.6 is 0 Å². The Hall–Kier alpha value is -0.260. The number of sulfonamides is 1. The van der Waals surface area contributed by atoms with Crippen molar-refractivity contribution in [3.8, 4) is 0 Å². The van der Waals surface area contributed by atoms with E-state index in [1.54, 1.807) is 31.8 Å². The highest BCUT2D eigenvalue weighted by molar-refractivity contribution is 8.03. The third-order valence-corrected chi connectivity index (χ3v) is 7.65. The summed E-state index contributed by atoms with van der Waals surface area (Å²) >= 11 is 0. The van der Waals surface area contributed by atoms with Crippen LogP contribution in [0.4, 0.5) is 0 Å². The van der Waals surface area contributed by atoms with E-state index in [-0.39, 0.29) is 25.7 Å². The van der Waals surface area contributed by atoms with E-state index in [2.05, 4.69) is 4.18 Å². The summed E-state index contributed by atoms with van der Waals surface area (Å²) in [6, 6.07) is 0. The molecule has 0 saturated carbocycles. The minimum absolute atomic E-state index is 0.0371. The SMILES string of the molecule is CC(C)C(C)(C)S(=O)(=O)NS(=O)(=O)OCCOCCC(C)(C)O. The molecule has 0 fully saturated rings. The Kier molecular flexibility index (Phi) is 8.12. The number of hydrogen-bond donors (Lipinski definition) is 2. The van der Waals surface area contributed by atoms with Gasteiger partial charge in [-0.05, 0) is 40.0 Å². The molecule has 0 saturated heterocycles. The average Bonchev–Trinajstić information content (AvgIpc) is 2.30. The first-order valence-electron chi connectivity index (χ1n) is 7.33. The summed E-state index contributed by atoms with van der Waals surface area (Å²) in [7, 11) is -8.56. The first kappa shape index (κ1) is 22.7. The van der Waals surface area contributed by atoms with Gasteiger partial charge in [-0.1, -0.05) is 18.0 Å². The number of ether oxygens (including phenoxy) is 1. The lowest BCUT2D eigenvalue weighted by Crippen LogP contribution is -2.47. The van der Waals surface area contributed by atoms with Crippen molar-refractivity contribution >= 4 is 20.3 Å². The number of hydrogen-bond acceptors (Lipinski definition) is 7. The maximum absolute atomic E-state index is 12.1. The fourth-order valence-corrected chi connectivity index (χ4v) is 4.24. The van der Waals surface area contributed by atoms with Crippen LogP contribution in [0.25, 0.3) is 0 Å². The molecule has 0 amide bonds. The Labute approximate surface area is 139 Å². The molecule has 23 heavy (non-hydrogen) atoms. The molecule has 0 aromatic rings. The van der Waals surface area contributed by atoms with Gasteiger partial charge in [0.1, 0.15) is 0 Å². The van der Waals surface area contributed by atoms with E-state index in [4.69, 9.17) is 4.74 Å². The molecule has 0 heterocycles. The highest BCUT2D eigenvalue weighted by atomic mass is 32.3. The highest BCUT2D eigenvalue weighted by Crippen LogP contribution is 2.25. The molecule has 0 atom stereocenters. The monoisotopic (exact) mass is 375 g/mol. The molecular weight excluding hydrogens is 346 g/mol. The zero-order valence-corrected chi connectivity index (χ0v) is 16.3. The van der Waals surface area contributed by atoms with Crippen LogP contribution < -0.4 is 4.13 Å². The molecule has 0 aromatic heterocycles. The van der Waals surface area contributed by atoms with Crippen LogP contribution in [0.3, 0.4) is 0 Å². The molecule has 140 valence electrons. The van der Waals surface area contributed by atoms with E-state index in [1.165, 1.54) is 13.8 Å². The van der Waals surface area contributed by atoms with Gasteiger partial charge in [0.05, 0.1) is 23.6 Å². The molecule has 2 N–H and O–H groups in total. The lowest BCUT2D eigenvalue weighted by molar-refractivity contribution is 0.0219. The van der Waals surface area contributed by atoms with Crippen LogP contribution in [0.5, 0.6) is 0 Å². The molecule has 0 bridgehead atoms. The van der Waals surface area contributed by atoms with Gasteiger partial charge < -0.3 is 9.84 Å². The number of nitrogens with one attached hydrogen (secondary N) is 1. The Morgan fingerprint density at radius 2 is 1.52 bits per heavy atom. The summed E-state index contributed by atoms with van der Waals surface area (Å²) in [4.78, 5) is 0. The zero-order chi connectivity index (χ0) is 18.5. The van der Waals surface area contributed by atoms with Gasteiger partial charge >= 0.3 is 10.3 Å². The lowest BCUT2D eigenvalue weighted by Gasteiger charge is -2.28. The summed E-state index contributed by atoms with van der Waals surface area (Å²) in [5.74, 6) is -0.291. The Balaban J connectivity index is 4.41. The topological polar surface area (TPSA) is 119 Å². The average molecular weight is 376 g/mol. The molecule has 10 heteroatoms. The van der Waals surface area contributed by atoms with Gasteiger partial charge in [0, 0.05) is 6.61 Å². The van der Waals surface area contributed by atoms with Crippen molar-refractivity contribution in [2.45, 2.75) is 58.3 Å². The van der Waals surface area contributed by atoms with E-state index in [0.717, 1.165) is 0 Å². The first-order chi connectivity index (χ1) is 10.1. The van der Waals surface area contributed by atoms with Crippen LogP contribution in [0.2, 0.25) is 0 Å². The van der Waals surface area contributed by atoms with Crippen molar-refractivity contribution in [3.63, 3.8) is 0 Å². The molecule has 0 aliphatic heterocycles. The molecule has 0 aliphatic rings. The van der Waals surface area contributed by atoms with E-state index < -0.39 is 30.7 Å². The zero-order valence-electron chi connectivity index (χ0n) is 14.6. The summed E-state index contributed by atoms with van der Waals surface area (Å²) in [6.45, 7) is 9.38. The third-order valence-electron chi connectivity index (χ3n) is 3.62. The quantitative estimate of drug-likeness (QED) is 0.512. The van der Waals surface area contributed by atoms with Gasteiger partial charge in [-0.15, -0.1) is 0 Å².